The van der Waals surface area contributed by atoms with E-state index in [0.29, 0.717) is 0 Å². The van der Waals surface area contributed by atoms with Gasteiger partial charge in [0.05, 0.1) is 6.04 Å². The number of amides is 2. The molecule has 0 spiro atoms. The first-order valence-corrected chi connectivity index (χ1v) is 7.89. The second-order valence-electron chi connectivity index (χ2n) is 6.14. The van der Waals surface area contributed by atoms with Crippen LogP contribution in [0.15, 0.2) is 54.6 Å². The van der Waals surface area contributed by atoms with Gasteiger partial charge in [0.25, 0.3) is 0 Å². The SMILES string of the molecule is O=C1N[C@H](c2ccc(O)cc2)[C@@H](C(=O)c2ccccc2)[C@@](O)(C(F)(F)F)N1. The smallest absolute Gasteiger partial charge is 0.437 e. The van der Waals surface area contributed by atoms with Gasteiger partial charge in [-0.25, -0.2) is 4.79 Å². The van der Waals surface area contributed by atoms with Crippen LogP contribution >= 0.6 is 0 Å². The van der Waals surface area contributed by atoms with Gasteiger partial charge in [0.2, 0.25) is 5.72 Å². The molecular weight excluding hydrogens is 365 g/mol. The third-order valence-corrected chi connectivity index (χ3v) is 4.40. The van der Waals surface area contributed by atoms with Crippen molar-refractivity contribution >= 4 is 11.8 Å². The number of Topliss-reactive ketones (excluding diaryl/α,β-unsaturated/α-hetero) is 1. The van der Waals surface area contributed by atoms with Crippen molar-refractivity contribution in [3.05, 3.63) is 65.7 Å². The van der Waals surface area contributed by atoms with Crippen LogP contribution in [0.4, 0.5) is 18.0 Å². The first-order chi connectivity index (χ1) is 12.6. The number of rotatable bonds is 3. The quantitative estimate of drug-likeness (QED) is 0.615. The number of benzene rings is 2. The van der Waals surface area contributed by atoms with Gasteiger partial charge in [0.1, 0.15) is 11.7 Å². The summed E-state index contributed by atoms with van der Waals surface area (Å²) in [6.45, 7) is 0. The largest absolute Gasteiger partial charge is 0.508 e. The molecule has 0 bridgehead atoms. The molecule has 142 valence electrons. The maximum atomic E-state index is 13.7. The van der Waals surface area contributed by atoms with Crippen LogP contribution in [-0.4, -0.2) is 33.9 Å². The van der Waals surface area contributed by atoms with E-state index in [9.17, 15) is 33.0 Å². The molecule has 2 amide bonds. The highest BCUT2D eigenvalue weighted by molar-refractivity contribution is 6.00. The highest BCUT2D eigenvalue weighted by Gasteiger charge is 2.66. The number of halogens is 3. The fourth-order valence-corrected chi connectivity index (χ4v) is 3.08. The number of carbonyl (C=O) groups excluding carboxylic acids is 2. The predicted octanol–water partition coefficient (Wildman–Crippen LogP) is 2.50. The predicted molar refractivity (Wildman–Crippen MR) is 87.8 cm³/mol. The Kier molecular flexibility index (Phi) is 4.56. The Labute approximate surface area is 151 Å². The van der Waals surface area contributed by atoms with Gasteiger partial charge >= 0.3 is 12.2 Å². The van der Waals surface area contributed by atoms with Crippen LogP contribution in [0.5, 0.6) is 5.75 Å². The lowest BCUT2D eigenvalue weighted by atomic mass is 9.77. The van der Waals surface area contributed by atoms with Gasteiger partial charge in [-0.2, -0.15) is 13.2 Å². The summed E-state index contributed by atoms with van der Waals surface area (Å²) in [5.41, 5.74) is -3.70. The van der Waals surface area contributed by atoms with Crippen molar-refractivity contribution in [2.75, 3.05) is 0 Å². The van der Waals surface area contributed by atoms with E-state index in [1.807, 2.05) is 0 Å². The number of carbonyl (C=O) groups is 2. The zero-order chi connectivity index (χ0) is 19.8. The van der Waals surface area contributed by atoms with Gasteiger partial charge in [-0.15, -0.1) is 0 Å². The Morgan fingerprint density at radius 1 is 1.04 bits per heavy atom. The van der Waals surface area contributed by atoms with Crippen molar-refractivity contribution in [3.8, 4) is 5.75 Å². The summed E-state index contributed by atoms with van der Waals surface area (Å²) < 4.78 is 41.1. The molecule has 2 aromatic rings. The van der Waals surface area contributed by atoms with Crippen molar-refractivity contribution in [1.29, 1.82) is 0 Å². The zero-order valence-corrected chi connectivity index (χ0v) is 13.7. The Morgan fingerprint density at radius 2 is 1.63 bits per heavy atom. The summed E-state index contributed by atoms with van der Waals surface area (Å²) >= 11 is 0. The number of urea groups is 1. The molecular formula is C18H15F3N2O4. The topological polar surface area (TPSA) is 98.7 Å². The molecule has 0 saturated carbocycles. The summed E-state index contributed by atoms with van der Waals surface area (Å²) in [6.07, 6.45) is -5.31. The molecule has 0 unspecified atom stereocenters. The summed E-state index contributed by atoms with van der Waals surface area (Å²) in [7, 11) is 0. The molecule has 27 heavy (non-hydrogen) atoms. The van der Waals surface area contributed by atoms with E-state index in [1.54, 1.807) is 6.07 Å². The Morgan fingerprint density at radius 3 is 2.19 bits per heavy atom. The molecule has 4 N–H and O–H groups in total. The number of alkyl halides is 3. The van der Waals surface area contributed by atoms with Crippen LogP contribution in [-0.2, 0) is 0 Å². The standard InChI is InChI=1S/C18H15F3N2O4/c19-18(20,21)17(27)13(15(25)11-4-2-1-3-5-11)14(22-16(26)23-17)10-6-8-12(24)9-7-10/h1-9,13-14,24,27H,(H2,22,23,26)/t13-,14+,17+/m0/s1. The molecule has 3 rings (SSSR count). The van der Waals surface area contributed by atoms with Gasteiger partial charge in [-0.3, -0.25) is 4.79 Å². The second kappa shape index (κ2) is 6.58. The van der Waals surface area contributed by atoms with E-state index in [-0.39, 0.29) is 16.9 Å². The van der Waals surface area contributed by atoms with Crippen LogP contribution < -0.4 is 10.6 Å². The number of phenolic OH excluding ortho intramolecular Hbond substituents is 1. The third-order valence-electron chi connectivity index (χ3n) is 4.40. The van der Waals surface area contributed by atoms with E-state index >= 15 is 0 Å². The number of ketones is 1. The summed E-state index contributed by atoms with van der Waals surface area (Å²) in [5, 5.41) is 23.5. The lowest BCUT2D eigenvalue weighted by Gasteiger charge is -2.45. The Bertz CT molecular complexity index is 855. The number of aliphatic hydroxyl groups is 1. The molecule has 3 atom stereocenters. The fraction of sp³-hybridized carbons (Fsp3) is 0.222. The minimum absolute atomic E-state index is 0.0492. The molecule has 9 heteroatoms. The van der Waals surface area contributed by atoms with Crippen LogP contribution in [0.3, 0.4) is 0 Å². The first-order valence-electron chi connectivity index (χ1n) is 7.89. The Balaban J connectivity index is 2.15. The average Bonchev–Trinajstić information content (AvgIpc) is 2.61. The molecule has 1 heterocycles. The van der Waals surface area contributed by atoms with Crippen LogP contribution in [0.25, 0.3) is 0 Å². The van der Waals surface area contributed by atoms with Gasteiger partial charge < -0.3 is 20.8 Å². The molecule has 0 radical (unpaired) electrons. The van der Waals surface area contributed by atoms with Crippen LogP contribution in [0, 0.1) is 5.92 Å². The number of aromatic hydroxyl groups is 1. The van der Waals surface area contributed by atoms with Crippen molar-refractivity contribution < 1.29 is 33.0 Å². The number of hydrogen-bond donors (Lipinski definition) is 4. The van der Waals surface area contributed by atoms with E-state index in [0.717, 1.165) is 0 Å². The summed E-state index contributed by atoms with van der Waals surface area (Å²) in [6, 6.07) is 9.40. The monoisotopic (exact) mass is 380 g/mol. The van der Waals surface area contributed by atoms with Crippen molar-refractivity contribution in [2.24, 2.45) is 5.92 Å². The molecule has 2 aromatic carbocycles. The first kappa shape index (κ1) is 18.7. The van der Waals surface area contributed by atoms with Gasteiger partial charge in [-0.05, 0) is 17.7 Å². The maximum absolute atomic E-state index is 13.7. The van der Waals surface area contributed by atoms with E-state index in [1.165, 1.54) is 53.8 Å². The summed E-state index contributed by atoms with van der Waals surface area (Å²) in [5.74, 6) is -3.24. The third kappa shape index (κ3) is 3.33. The van der Waals surface area contributed by atoms with Crippen molar-refractivity contribution in [3.63, 3.8) is 0 Å². The van der Waals surface area contributed by atoms with Gasteiger partial charge in [0.15, 0.2) is 5.78 Å². The minimum Gasteiger partial charge on any atom is -0.508 e. The normalized spacial score (nSPS) is 25.4. The summed E-state index contributed by atoms with van der Waals surface area (Å²) in [4.78, 5) is 24.8. The van der Waals surface area contributed by atoms with E-state index in [2.05, 4.69) is 5.32 Å². The molecule has 1 aliphatic heterocycles. The highest BCUT2D eigenvalue weighted by atomic mass is 19.4. The highest BCUT2D eigenvalue weighted by Crippen LogP contribution is 2.44. The lowest BCUT2D eigenvalue weighted by Crippen LogP contribution is -2.72. The molecule has 0 aliphatic carbocycles. The second-order valence-corrected chi connectivity index (χ2v) is 6.14. The van der Waals surface area contributed by atoms with Gasteiger partial charge in [0, 0.05) is 5.56 Å². The zero-order valence-electron chi connectivity index (χ0n) is 13.7. The number of nitrogens with one attached hydrogen (secondary N) is 2. The van der Waals surface area contributed by atoms with Crippen molar-refractivity contribution in [2.45, 2.75) is 17.9 Å². The molecule has 1 fully saturated rings. The lowest BCUT2D eigenvalue weighted by molar-refractivity contribution is -0.287. The van der Waals surface area contributed by atoms with E-state index < -0.39 is 35.7 Å². The molecule has 0 aromatic heterocycles. The van der Waals surface area contributed by atoms with Crippen LogP contribution in [0.2, 0.25) is 0 Å². The minimum atomic E-state index is -5.31. The molecule has 1 saturated heterocycles. The van der Waals surface area contributed by atoms with E-state index in [4.69, 9.17) is 0 Å². The fourth-order valence-electron chi connectivity index (χ4n) is 3.08. The average molecular weight is 380 g/mol. The molecule has 6 nitrogen and oxygen atoms in total. The van der Waals surface area contributed by atoms with Crippen molar-refractivity contribution in [1.82, 2.24) is 10.6 Å². The molecule has 1 aliphatic rings. The Hall–Kier alpha value is -3.07. The van der Waals surface area contributed by atoms with Crippen LogP contribution in [0.1, 0.15) is 22.0 Å². The number of phenols is 1. The number of hydrogen-bond acceptors (Lipinski definition) is 4. The van der Waals surface area contributed by atoms with Gasteiger partial charge in [-0.1, -0.05) is 42.5 Å². The maximum Gasteiger partial charge on any atom is 0.437 e.